The summed E-state index contributed by atoms with van der Waals surface area (Å²) in [5, 5.41) is 13.4. The molecule has 2 N–H and O–H groups in total. The van der Waals surface area contributed by atoms with E-state index in [4.69, 9.17) is 9.47 Å². The molecular formula is C12H23NO3. The SMILES string of the molecule is CC(O)(CNC1CC1)COCC1CCOC1. The van der Waals surface area contributed by atoms with Crippen molar-refractivity contribution in [3.05, 3.63) is 0 Å². The molecule has 1 heterocycles. The summed E-state index contributed by atoms with van der Waals surface area (Å²) in [5.74, 6) is 0.521. The highest BCUT2D eigenvalue weighted by atomic mass is 16.5. The zero-order valence-corrected chi connectivity index (χ0v) is 10.1. The molecule has 4 nitrogen and oxygen atoms in total. The number of ether oxygens (including phenoxy) is 2. The van der Waals surface area contributed by atoms with Crippen molar-refractivity contribution in [1.82, 2.24) is 5.32 Å². The fraction of sp³-hybridized carbons (Fsp3) is 1.00. The molecule has 1 saturated carbocycles. The lowest BCUT2D eigenvalue weighted by atomic mass is 10.1. The minimum atomic E-state index is -0.748. The van der Waals surface area contributed by atoms with Crippen LogP contribution in [0, 0.1) is 5.92 Å². The Kier molecular flexibility index (Phi) is 4.19. The Labute approximate surface area is 97.3 Å². The Morgan fingerprint density at radius 3 is 2.88 bits per heavy atom. The van der Waals surface area contributed by atoms with E-state index in [1.54, 1.807) is 0 Å². The van der Waals surface area contributed by atoms with Crippen LogP contribution in [0.1, 0.15) is 26.2 Å². The van der Waals surface area contributed by atoms with Gasteiger partial charge in [0, 0.05) is 25.1 Å². The summed E-state index contributed by atoms with van der Waals surface area (Å²) < 4.78 is 10.8. The first kappa shape index (κ1) is 12.3. The number of aliphatic hydroxyl groups is 1. The first-order valence-electron chi connectivity index (χ1n) is 6.27. The van der Waals surface area contributed by atoms with E-state index in [0.29, 0.717) is 31.7 Å². The molecule has 1 saturated heterocycles. The molecule has 4 heteroatoms. The number of nitrogens with one attached hydrogen (secondary N) is 1. The second-order valence-corrected chi connectivity index (χ2v) is 5.40. The molecule has 0 amide bonds. The van der Waals surface area contributed by atoms with Crippen LogP contribution in [0.25, 0.3) is 0 Å². The van der Waals surface area contributed by atoms with Crippen LogP contribution < -0.4 is 5.32 Å². The first-order valence-corrected chi connectivity index (χ1v) is 6.27. The molecule has 1 aliphatic carbocycles. The molecule has 2 rings (SSSR count). The van der Waals surface area contributed by atoms with Crippen molar-refractivity contribution in [2.24, 2.45) is 5.92 Å². The maximum absolute atomic E-state index is 10.0. The lowest BCUT2D eigenvalue weighted by Gasteiger charge is -2.24. The molecule has 2 unspecified atom stereocenters. The van der Waals surface area contributed by atoms with Crippen molar-refractivity contribution < 1.29 is 14.6 Å². The standard InChI is InChI=1S/C12H23NO3/c1-12(14,8-13-11-2-3-11)9-16-7-10-4-5-15-6-10/h10-11,13-14H,2-9H2,1H3. The summed E-state index contributed by atoms with van der Waals surface area (Å²) >= 11 is 0. The minimum Gasteiger partial charge on any atom is -0.386 e. The van der Waals surface area contributed by atoms with Gasteiger partial charge in [0.1, 0.15) is 0 Å². The Balaban J connectivity index is 1.55. The zero-order valence-electron chi connectivity index (χ0n) is 10.1. The van der Waals surface area contributed by atoms with Gasteiger partial charge in [0.25, 0.3) is 0 Å². The van der Waals surface area contributed by atoms with Crippen LogP contribution in [0.15, 0.2) is 0 Å². The van der Waals surface area contributed by atoms with Crippen LogP contribution in [0.3, 0.4) is 0 Å². The first-order chi connectivity index (χ1) is 7.66. The van der Waals surface area contributed by atoms with Gasteiger partial charge in [-0.3, -0.25) is 0 Å². The summed E-state index contributed by atoms with van der Waals surface area (Å²) in [5.41, 5.74) is -0.748. The van der Waals surface area contributed by atoms with E-state index >= 15 is 0 Å². The van der Waals surface area contributed by atoms with Gasteiger partial charge in [0.05, 0.1) is 25.4 Å². The van der Waals surface area contributed by atoms with Crippen molar-refractivity contribution >= 4 is 0 Å². The highest BCUT2D eigenvalue weighted by molar-refractivity contribution is 4.85. The molecule has 16 heavy (non-hydrogen) atoms. The van der Waals surface area contributed by atoms with Crippen molar-refractivity contribution in [3.63, 3.8) is 0 Å². The number of rotatable bonds is 7. The van der Waals surface area contributed by atoms with Gasteiger partial charge in [-0.2, -0.15) is 0 Å². The lowest BCUT2D eigenvalue weighted by Crippen LogP contribution is -2.43. The van der Waals surface area contributed by atoms with Crippen LogP contribution in [0.5, 0.6) is 0 Å². The van der Waals surface area contributed by atoms with E-state index in [1.807, 2.05) is 6.92 Å². The fourth-order valence-electron chi connectivity index (χ4n) is 1.86. The van der Waals surface area contributed by atoms with Gasteiger partial charge in [-0.25, -0.2) is 0 Å². The van der Waals surface area contributed by atoms with Crippen LogP contribution in [0.2, 0.25) is 0 Å². The van der Waals surface area contributed by atoms with Gasteiger partial charge in [-0.15, -0.1) is 0 Å². The fourth-order valence-corrected chi connectivity index (χ4v) is 1.86. The van der Waals surface area contributed by atoms with Crippen LogP contribution >= 0.6 is 0 Å². The molecule has 0 spiro atoms. The predicted molar refractivity (Wildman–Crippen MR) is 61.4 cm³/mol. The Hall–Kier alpha value is -0.160. The van der Waals surface area contributed by atoms with E-state index in [9.17, 15) is 5.11 Å². The quantitative estimate of drug-likeness (QED) is 0.669. The zero-order chi connectivity index (χ0) is 11.4. The molecule has 2 atom stereocenters. The van der Waals surface area contributed by atoms with Crippen molar-refractivity contribution in [3.8, 4) is 0 Å². The molecule has 0 bridgehead atoms. The lowest BCUT2D eigenvalue weighted by molar-refractivity contribution is -0.0415. The number of hydrogen-bond acceptors (Lipinski definition) is 4. The average Bonchev–Trinajstić information content (AvgIpc) is 2.93. The molecule has 0 aromatic rings. The molecule has 0 aromatic carbocycles. The van der Waals surface area contributed by atoms with E-state index in [2.05, 4.69) is 5.32 Å². The molecule has 2 fully saturated rings. The Bertz CT molecular complexity index is 210. The maximum atomic E-state index is 10.0. The van der Waals surface area contributed by atoms with Crippen molar-refractivity contribution in [2.75, 3.05) is 33.0 Å². The predicted octanol–water partition coefficient (Wildman–Crippen LogP) is 0.542. The summed E-state index contributed by atoms with van der Waals surface area (Å²) in [6, 6.07) is 0.634. The molecular weight excluding hydrogens is 206 g/mol. The highest BCUT2D eigenvalue weighted by Gasteiger charge is 2.27. The van der Waals surface area contributed by atoms with Gasteiger partial charge in [-0.05, 0) is 26.2 Å². The maximum Gasteiger partial charge on any atom is 0.0975 e. The summed E-state index contributed by atoms with van der Waals surface area (Å²) in [4.78, 5) is 0. The summed E-state index contributed by atoms with van der Waals surface area (Å²) in [6.45, 7) is 5.23. The second kappa shape index (κ2) is 5.45. The van der Waals surface area contributed by atoms with Gasteiger partial charge in [0.15, 0.2) is 0 Å². The van der Waals surface area contributed by atoms with Crippen LogP contribution in [-0.4, -0.2) is 49.7 Å². The third-order valence-electron chi connectivity index (χ3n) is 3.14. The van der Waals surface area contributed by atoms with Gasteiger partial charge < -0.3 is 19.9 Å². The minimum absolute atomic E-state index is 0.406. The van der Waals surface area contributed by atoms with Crippen LogP contribution in [0.4, 0.5) is 0 Å². The molecule has 2 aliphatic rings. The number of hydrogen-bond donors (Lipinski definition) is 2. The Morgan fingerprint density at radius 2 is 2.25 bits per heavy atom. The van der Waals surface area contributed by atoms with Gasteiger partial charge in [-0.1, -0.05) is 0 Å². The molecule has 0 aromatic heterocycles. The van der Waals surface area contributed by atoms with Gasteiger partial charge >= 0.3 is 0 Å². The van der Waals surface area contributed by atoms with E-state index < -0.39 is 5.60 Å². The van der Waals surface area contributed by atoms with Gasteiger partial charge in [0.2, 0.25) is 0 Å². The highest BCUT2D eigenvalue weighted by Crippen LogP contribution is 2.19. The Morgan fingerprint density at radius 1 is 1.44 bits per heavy atom. The van der Waals surface area contributed by atoms with Crippen LogP contribution in [-0.2, 0) is 9.47 Å². The third-order valence-corrected chi connectivity index (χ3v) is 3.14. The van der Waals surface area contributed by atoms with Crippen molar-refractivity contribution in [2.45, 2.75) is 37.8 Å². The van der Waals surface area contributed by atoms with E-state index in [0.717, 1.165) is 19.6 Å². The summed E-state index contributed by atoms with van der Waals surface area (Å²) in [7, 11) is 0. The normalized spacial score (nSPS) is 29.2. The van der Waals surface area contributed by atoms with E-state index in [-0.39, 0.29) is 0 Å². The largest absolute Gasteiger partial charge is 0.386 e. The van der Waals surface area contributed by atoms with E-state index in [1.165, 1.54) is 12.8 Å². The second-order valence-electron chi connectivity index (χ2n) is 5.40. The topological polar surface area (TPSA) is 50.7 Å². The molecule has 1 aliphatic heterocycles. The van der Waals surface area contributed by atoms with Crippen molar-refractivity contribution in [1.29, 1.82) is 0 Å². The third kappa shape index (κ3) is 4.37. The average molecular weight is 229 g/mol. The smallest absolute Gasteiger partial charge is 0.0975 e. The molecule has 0 radical (unpaired) electrons. The summed E-state index contributed by atoms with van der Waals surface area (Å²) in [6.07, 6.45) is 3.58. The molecule has 94 valence electrons. The monoisotopic (exact) mass is 229 g/mol.